The van der Waals surface area contributed by atoms with Crippen LogP contribution in [0.3, 0.4) is 0 Å². The average molecular weight is 417 g/mol. The predicted octanol–water partition coefficient (Wildman–Crippen LogP) is 1.04. The molecule has 2 amide bonds. The second kappa shape index (κ2) is 11.5. The lowest BCUT2D eigenvalue weighted by Gasteiger charge is -2.30. The van der Waals surface area contributed by atoms with Crippen LogP contribution in [0.25, 0.3) is 0 Å². The summed E-state index contributed by atoms with van der Waals surface area (Å²) in [6.45, 7) is 12.4. The van der Waals surface area contributed by atoms with Crippen molar-refractivity contribution >= 4 is 17.8 Å². The standard InChI is InChI=1S/C22H36N6O2/c1-16(2)28(17(3)4)13-11-25-22(23-5)26-14-18-6-8-19(9-7-18)21(30)27-12-10-24-20(29)15-27/h6-9,16-17H,10-15H2,1-5H3,(H,24,29)(H2,23,25,26). The Kier molecular flexibility index (Phi) is 9.11. The highest BCUT2D eigenvalue weighted by Crippen LogP contribution is 2.09. The second-order valence-electron chi connectivity index (χ2n) is 8.05. The highest BCUT2D eigenvalue weighted by molar-refractivity contribution is 5.97. The Hall–Kier alpha value is -2.61. The number of nitrogens with zero attached hydrogens (tertiary/aromatic N) is 3. The summed E-state index contributed by atoms with van der Waals surface area (Å²) >= 11 is 0. The van der Waals surface area contributed by atoms with Crippen molar-refractivity contribution in [2.24, 2.45) is 4.99 Å². The van der Waals surface area contributed by atoms with Crippen molar-refractivity contribution in [2.75, 3.05) is 39.8 Å². The Balaban J connectivity index is 1.81. The molecule has 0 aliphatic carbocycles. The molecule has 0 aromatic heterocycles. The van der Waals surface area contributed by atoms with Crippen molar-refractivity contribution in [3.63, 3.8) is 0 Å². The number of carbonyl (C=O) groups excluding carboxylic acids is 2. The van der Waals surface area contributed by atoms with Crippen molar-refractivity contribution in [2.45, 2.75) is 46.3 Å². The molecule has 30 heavy (non-hydrogen) atoms. The summed E-state index contributed by atoms with van der Waals surface area (Å²) in [6, 6.07) is 8.48. The number of hydrogen-bond acceptors (Lipinski definition) is 4. The van der Waals surface area contributed by atoms with Crippen molar-refractivity contribution in [3.05, 3.63) is 35.4 Å². The zero-order valence-electron chi connectivity index (χ0n) is 18.9. The Morgan fingerprint density at radius 2 is 1.83 bits per heavy atom. The van der Waals surface area contributed by atoms with Crippen molar-refractivity contribution < 1.29 is 9.59 Å². The first kappa shape index (κ1) is 23.7. The van der Waals surface area contributed by atoms with Crippen LogP contribution in [0.1, 0.15) is 43.6 Å². The Bertz CT molecular complexity index is 722. The number of guanidine groups is 1. The van der Waals surface area contributed by atoms with E-state index in [1.54, 1.807) is 11.9 Å². The van der Waals surface area contributed by atoms with Crippen LogP contribution in [0.5, 0.6) is 0 Å². The smallest absolute Gasteiger partial charge is 0.254 e. The van der Waals surface area contributed by atoms with Crippen LogP contribution >= 0.6 is 0 Å². The van der Waals surface area contributed by atoms with E-state index in [9.17, 15) is 9.59 Å². The summed E-state index contributed by atoms with van der Waals surface area (Å²) in [5.41, 5.74) is 1.65. The minimum atomic E-state index is -0.112. The van der Waals surface area contributed by atoms with Crippen molar-refractivity contribution in [1.82, 2.24) is 25.8 Å². The minimum Gasteiger partial charge on any atom is -0.355 e. The van der Waals surface area contributed by atoms with Gasteiger partial charge in [0, 0.05) is 57.4 Å². The summed E-state index contributed by atoms with van der Waals surface area (Å²) in [4.78, 5) is 32.3. The average Bonchev–Trinajstić information content (AvgIpc) is 2.72. The normalized spacial score (nSPS) is 15.0. The molecule has 0 bridgehead atoms. The highest BCUT2D eigenvalue weighted by Gasteiger charge is 2.22. The van der Waals surface area contributed by atoms with Gasteiger partial charge in [-0.25, -0.2) is 0 Å². The number of nitrogens with one attached hydrogen (secondary N) is 3. The largest absolute Gasteiger partial charge is 0.355 e. The fourth-order valence-corrected chi connectivity index (χ4v) is 3.58. The molecule has 0 spiro atoms. The molecule has 8 heteroatoms. The molecule has 1 fully saturated rings. The van der Waals surface area contributed by atoms with E-state index < -0.39 is 0 Å². The lowest BCUT2D eigenvalue weighted by molar-refractivity contribution is -0.123. The van der Waals surface area contributed by atoms with Crippen LogP contribution in [0.15, 0.2) is 29.3 Å². The van der Waals surface area contributed by atoms with E-state index in [4.69, 9.17) is 0 Å². The number of aliphatic imine (C=N–C) groups is 1. The summed E-state index contributed by atoms with van der Waals surface area (Å²) in [5, 5.41) is 9.39. The van der Waals surface area contributed by atoms with Crippen LogP contribution in [-0.4, -0.2) is 79.4 Å². The molecule has 0 saturated carbocycles. The van der Waals surface area contributed by atoms with Gasteiger partial charge < -0.3 is 20.9 Å². The van der Waals surface area contributed by atoms with E-state index in [1.807, 2.05) is 24.3 Å². The summed E-state index contributed by atoms with van der Waals surface area (Å²) in [6.07, 6.45) is 0. The first-order valence-electron chi connectivity index (χ1n) is 10.7. The summed E-state index contributed by atoms with van der Waals surface area (Å²) in [5.74, 6) is 0.530. The molecule has 0 radical (unpaired) electrons. The summed E-state index contributed by atoms with van der Waals surface area (Å²) < 4.78 is 0. The zero-order chi connectivity index (χ0) is 22.1. The third-order valence-corrected chi connectivity index (χ3v) is 5.20. The van der Waals surface area contributed by atoms with Gasteiger partial charge in [0.1, 0.15) is 0 Å². The molecule has 0 atom stereocenters. The molecule has 1 aromatic carbocycles. The molecule has 8 nitrogen and oxygen atoms in total. The van der Waals surface area contributed by atoms with E-state index >= 15 is 0 Å². The topological polar surface area (TPSA) is 89.1 Å². The van der Waals surface area contributed by atoms with Gasteiger partial charge in [0.15, 0.2) is 5.96 Å². The van der Waals surface area contributed by atoms with E-state index in [0.29, 0.717) is 37.3 Å². The van der Waals surface area contributed by atoms with E-state index in [1.165, 1.54) is 0 Å². The first-order chi connectivity index (χ1) is 14.3. The monoisotopic (exact) mass is 416 g/mol. The molecule has 1 aliphatic rings. The van der Waals surface area contributed by atoms with Crippen LogP contribution in [0.4, 0.5) is 0 Å². The van der Waals surface area contributed by atoms with Crippen molar-refractivity contribution in [1.29, 1.82) is 0 Å². The molecule has 1 saturated heterocycles. The number of amides is 2. The van der Waals surface area contributed by atoms with E-state index in [0.717, 1.165) is 24.6 Å². The maximum absolute atomic E-state index is 12.5. The van der Waals surface area contributed by atoms with Crippen LogP contribution < -0.4 is 16.0 Å². The number of piperazine rings is 1. The fourth-order valence-electron chi connectivity index (χ4n) is 3.58. The van der Waals surface area contributed by atoms with Gasteiger partial charge in [0.05, 0.1) is 6.54 Å². The highest BCUT2D eigenvalue weighted by atomic mass is 16.2. The number of benzene rings is 1. The molecule has 3 N–H and O–H groups in total. The number of rotatable bonds is 8. The zero-order valence-corrected chi connectivity index (χ0v) is 18.9. The SMILES string of the molecule is CN=C(NCCN(C(C)C)C(C)C)NCc1ccc(C(=O)N2CCNC(=O)C2)cc1. The quantitative estimate of drug-likeness (QED) is 0.435. The van der Waals surface area contributed by atoms with Gasteiger partial charge in [-0.3, -0.25) is 19.5 Å². The second-order valence-corrected chi connectivity index (χ2v) is 8.05. The Morgan fingerprint density at radius 1 is 1.17 bits per heavy atom. The lowest BCUT2D eigenvalue weighted by Crippen LogP contribution is -2.49. The maximum Gasteiger partial charge on any atom is 0.254 e. The van der Waals surface area contributed by atoms with Gasteiger partial charge in [-0.05, 0) is 45.4 Å². The van der Waals surface area contributed by atoms with Gasteiger partial charge in [0.25, 0.3) is 5.91 Å². The predicted molar refractivity (Wildman–Crippen MR) is 121 cm³/mol. The molecule has 1 heterocycles. The third-order valence-electron chi connectivity index (χ3n) is 5.20. The van der Waals surface area contributed by atoms with Crippen LogP contribution in [0.2, 0.25) is 0 Å². The van der Waals surface area contributed by atoms with Gasteiger partial charge in [0.2, 0.25) is 5.91 Å². The molecule has 1 aromatic rings. The van der Waals surface area contributed by atoms with Crippen molar-refractivity contribution in [3.8, 4) is 0 Å². The third kappa shape index (κ3) is 7.02. The van der Waals surface area contributed by atoms with E-state index in [2.05, 4.69) is 53.5 Å². The molecule has 166 valence electrons. The van der Waals surface area contributed by atoms with Gasteiger partial charge in [-0.2, -0.15) is 0 Å². The summed E-state index contributed by atoms with van der Waals surface area (Å²) in [7, 11) is 1.76. The van der Waals surface area contributed by atoms with E-state index in [-0.39, 0.29) is 18.4 Å². The van der Waals surface area contributed by atoms with Crippen LogP contribution in [0, 0.1) is 0 Å². The molecular weight excluding hydrogens is 380 g/mol. The lowest BCUT2D eigenvalue weighted by atomic mass is 10.1. The molecule has 2 rings (SSSR count). The van der Waals surface area contributed by atoms with Gasteiger partial charge in [-0.1, -0.05) is 12.1 Å². The van der Waals surface area contributed by atoms with Gasteiger partial charge in [-0.15, -0.1) is 0 Å². The first-order valence-corrected chi connectivity index (χ1v) is 10.7. The Morgan fingerprint density at radius 3 is 2.40 bits per heavy atom. The van der Waals surface area contributed by atoms with Crippen LogP contribution in [-0.2, 0) is 11.3 Å². The number of hydrogen-bond donors (Lipinski definition) is 3. The molecule has 0 unspecified atom stereocenters. The minimum absolute atomic E-state index is 0.110. The fraction of sp³-hybridized carbons (Fsp3) is 0.591. The van der Waals surface area contributed by atoms with Gasteiger partial charge >= 0.3 is 0 Å². The molecular formula is C22H36N6O2. The maximum atomic E-state index is 12.5. The Labute approximate surface area is 180 Å². The molecule has 1 aliphatic heterocycles. The number of carbonyl (C=O) groups is 2.